The number of hydrogen-bond donors (Lipinski definition) is 2. The van der Waals surface area contributed by atoms with Crippen LogP contribution in [0.3, 0.4) is 0 Å². The number of nitrogen functional groups attached to an aromatic ring is 1. The van der Waals surface area contributed by atoms with Gasteiger partial charge in [0.1, 0.15) is 0 Å². The average molecular weight is 437 g/mol. The van der Waals surface area contributed by atoms with E-state index in [1.165, 1.54) is 11.1 Å². The molecule has 6 nitrogen and oxygen atoms in total. The second-order valence-corrected chi connectivity index (χ2v) is 7.24. The van der Waals surface area contributed by atoms with Crippen LogP contribution in [-0.4, -0.2) is 26.1 Å². The fourth-order valence-electron chi connectivity index (χ4n) is 3.12. The summed E-state index contributed by atoms with van der Waals surface area (Å²) in [5.74, 6) is 0.903. The Hall–Kier alpha value is -2.93. The molecule has 2 aromatic carbocycles. The molecule has 2 aromatic heterocycles. The Morgan fingerprint density at radius 1 is 0.857 bits per heavy atom. The van der Waals surface area contributed by atoms with Gasteiger partial charge in [-0.3, -0.25) is 0 Å². The Morgan fingerprint density at radius 2 is 1.50 bits per heavy atom. The van der Waals surface area contributed by atoms with Crippen LogP contribution in [-0.2, 0) is 19.4 Å². The second kappa shape index (κ2) is 8.39. The van der Waals surface area contributed by atoms with Crippen molar-refractivity contribution in [1.82, 2.24) is 19.5 Å². The lowest BCUT2D eigenvalue weighted by molar-refractivity contribution is 0.693. The highest BCUT2D eigenvalue weighted by Crippen LogP contribution is 2.24. The topological polar surface area (TPSA) is 81.7 Å². The molecule has 0 unspecified atom stereocenters. The van der Waals surface area contributed by atoms with Crippen molar-refractivity contribution >= 4 is 38.9 Å². The average Bonchev–Trinajstić information content (AvgIpc) is 3.04. The summed E-state index contributed by atoms with van der Waals surface area (Å²) in [5, 5.41) is 3.28. The molecule has 7 heteroatoms. The molecule has 142 valence electrons. The molecule has 0 saturated heterocycles. The molecule has 0 spiro atoms. The number of imidazole rings is 1. The third kappa shape index (κ3) is 4.14. The minimum absolute atomic E-state index is 0.381. The summed E-state index contributed by atoms with van der Waals surface area (Å²) in [5.41, 5.74) is 10.0. The molecule has 0 fully saturated rings. The minimum atomic E-state index is 0.381. The van der Waals surface area contributed by atoms with Gasteiger partial charge < -0.3 is 15.6 Å². The van der Waals surface area contributed by atoms with Crippen molar-refractivity contribution in [2.75, 3.05) is 17.6 Å². The van der Waals surface area contributed by atoms with Crippen LogP contribution in [0.2, 0.25) is 0 Å². The van der Waals surface area contributed by atoms with Gasteiger partial charge in [-0.15, -0.1) is 0 Å². The molecule has 3 N–H and O–H groups in total. The number of benzene rings is 2. The van der Waals surface area contributed by atoms with Gasteiger partial charge in [0.25, 0.3) is 0 Å². The van der Waals surface area contributed by atoms with Gasteiger partial charge in [-0.2, -0.15) is 9.97 Å². The number of aromatic nitrogens is 4. The lowest BCUT2D eigenvalue weighted by Crippen LogP contribution is -2.10. The highest BCUT2D eigenvalue weighted by molar-refractivity contribution is 9.10. The molecule has 0 atom stereocenters. The van der Waals surface area contributed by atoms with Crippen LogP contribution in [0.1, 0.15) is 11.1 Å². The monoisotopic (exact) mass is 436 g/mol. The van der Waals surface area contributed by atoms with E-state index in [9.17, 15) is 0 Å². The minimum Gasteiger partial charge on any atom is -0.382 e. The van der Waals surface area contributed by atoms with E-state index in [-0.39, 0.29) is 0 Å². The van der Waals surface area contributed by atoms with E-state index in [0.29, 0.717) is 22.0 Å². The molecule has 0 aliphatic carbocycles. The van der Waals surface area contributed by atoms with E-state index in [0.717, 1.165) is 31.6 Å². The molecule has 4 rings (SSSR count). The molecule has 28 heavy (non-hydrogen) atoms. The first-order chi connectivity index (χ1) is 13.7. The van der Waals surface area contributed by atoms with Crippen molar-refractivity contribution in [3.63, 3.8) is 0 Å². The summed E-state index contributed by atoms with van der Waals surface area (Å²) in [4.78, 5) is 13.5. The zero-order valence-electron chi connectivity index (χ0n) is 15.3. The summed E-state index contributed by atoms with van der Waals surface area (Å²) >= 11 is 3.53. The van der Waals surface area contributed by atoms with E-state index in [1.54, 1.807) is 0 Å². The maximum atomic E-state index is 6.14. The number of anilines is 2. The van der Waals surface area contributed by atoms with Gasteiger partial charge in [0.2, 0.25) is 5.95 Å². The van der Waals surface area contributed by atoms with Crippen LogP contribution in [0.25, 0.3) is 11.2 Å². The number of hydrogen-bond acceptors (Lipinski definition) is 5. The molecule has 0 amide bonds. The van der Waals surface area contributed by atoms with Gasteiger partial charge in [0.05, 0.1) is 0 Å². The van der Waals surface area contributed by atoms with Crippen LogP contribution in [0.5, 0.6) is 0 Å². The third-order valence-electron chi connectivity index (χ3n) is 4.58. The summed E-state index contributed by atoms with van der Waals surface area (Å²) in [6.45, 7) is 1.48. The molecule has 0 bridgehead atoms. The Balaban J connectivity index is 1.52. The smallest absolute Gasteiger partial charge is 0.226 e. The van der Waals surface area contributed by atoms with Gasteiger partial charge in [-0.05, 0) is 39.9 Å². The fraction of sp³-hybridized carbons (Fsp3) is 0.190. The Morgan fingerprint density at radius 3 is 2.18 bits per heavy atom. The first-order valence-electron chi connectivity index (χ1n) is 9.21. The highest BCUT2D eigenvalue weighted by atomic mass is 79.9. The fourth-order valence-corrected chi connectivity index (χ4v) is 3.64. The van der Waals surface area contributed by atoms with Gasteiger partial charge in [0.15, 0.2) is 21.7 Å². The van der Waals surface area contributed by atoms with Crippen molar-refractivity contribution in [2.24, 2.45) is 0 Å². The molecule has 0 saturated carbocycles. The molecule has 0 aliphatic rings. The second-order valence-electron chi connectivity index (χ2n) is 6.54. The zero-order chi connectivity index (χ0) is 19.3. The van der Waals surface area contributed by atoms with Gasteiger partial charge in [0, 0.05) is 13.1 Å². The van der Waals surface area contributed by atoms with E-state index in [1.807, 2.05) is 41.0 Å². The SMILES string of the molecule is Nc1nc(NCCc2ccccc2)nc2c1nc(Br)n2CCc1ccccc1. The van der Waals surface area contributed by atoms with Crippen molar-refractivity contribution in [3.05, 3.63) is 76.5 Å². The number of halogens is 1. The normalized spacial score (nSPS) is 11.0. The Kier molecular flexibility index (Phi) is 5.53. The maximum absolute atomic E-state index is 6.14. The van der Waals surface area contributed by atoms with E-state index in [4.69, 9.17) is 5.73 Å². The maximum Gasteiger partial charge on any atom is 0.226 e. The first kappa shape index (κ1) is 18.4. The first-order valence-corrected chi connectivity index (χ1v) is 10.0. The van der Waals surface area contributed by atoms with E-state index in [2.05, 4.69) is 60.5 Å². The third-order valence-corrected chi connectivity index (χ3v) is 5.19. The largest absolute Gasteiger partial charge is 0.382 e. The molecule has 4 aromatic rings. The standard InChI is InChI=1S/C21H21BrN6/c22-20-25-17-18(23)26-21(24-13-11-15-7-3-1-4-8-15)27-19(17)28(20)14-12-16-9-5-2-6-10-16/h1-10H,11-14H2,(H3,23,24,26,27). The van der Waals surface area contributed by atoms with Crippen LogP contribution < -0.4 is 11.1 Å². The summed E-state index contributed by atoms with van der Waals surface area (Å²) in [6, 6.07) is 20.7. The van der Waals surface area contributed by atoms with Gasteiger partial charge >= 0.3 is 0 Å². The zero-order valence-corrected chi connectivity index (χ0v) is 16.9. The molecule has 2 heterocycles. The quantitative estimate of drug-likeness (QED) is 0.426. The van der Waals surface area contributed by atoms with Crippen molar-refractivity contribution in [2.45, 2.75) is 19.4 Å². The van der Waals surface area contributed by atoms with Crippen LogP contribution >= 0.6 is 15.9 Å². The Bertz CT molecular complexity index is 1060. The predicted molar refractivity (Wildman–Crippen MR) is 116 cm³/mol. The van der Waals surface area contributed by atoms with E-state index >= 15 is 0 Å². The Labute approximate surface area is 172 Å². The number of nitrogens with zero attached hydrogens (tertiary/aromatic N) is 4. The van der Waals surface area contributed by atoms with Crippen LogP contribution in [0, 0.1) is 0 Å². The number of nitrogens with two attached hydrogens (primary N) is 1. The molecular formula is C21H21BrN6. The number of rotatable bonds is 7. The number of fused-ring (bicyclic) bond motifs is 1. The van der Waals surface area contributed by atoms with Crippen molar-refractivity contribution < 1.29 is 0 Å². The highest BCUT2D eigenvalue weighted by Gasteiger charge is 2.15. The summed E-state index contributed by atoms with van der Waals surface area (Å²) in [7, 11) is 0. The number of nitrogens with one attached hydrogen (secondary N) is 1. The lowest BCUT2D eigenvalue weighted by Gasteiger charge is -2.08. The number of aryl methyl sites for hydroxylation is 2. The van der Waals surface area contributed by atoms with Gasteiger partial charge in [-0.25, -0.2) is 4.98 Å². The van der Waals surface area contributed by atoms with Gasteiger partial charge in [-0.1, -0.05) is 60.7 Å². The van der Waals surface area contributed by atoms with Crippen LogP contribution in [0.15, 0.2) is 65.4 Å². The molecule has 0 aliphatic heterocycles. The van der Waals surface area contributed by atoms with Crippen molar-refractivity contribution in [1.29, 1.82) is 0 Å². The van der Waals surface area contributed by atoms with Crippen molar-refractivity contribution in [3.8, 4) is 0 Å². The van der Waals surface area contributed by atoms with E-state index < -0.39 is 0 Å². The lowest BCUT2D eigenvalue weighted by atomic mass is 10.1. The summed E-state index contributed by atoms with van der Waals surface area (Å²) in [6.07, 6.45) is 1.77. The summed E-state index contributed by atoms with van der Waals surface area (Å²) < 4.78 is 2.74. The van der Waals surface area contributed by atoms with Crippen LogP contribution in [0.4, 0.5) is 11.8 Å². The molecular weight excluding hydrogens is 416 g/mol. The molecule has 0 radical (unpaired) electrons. The predicted octanol–water partition coefficient (Wildman–Crippen LogP) is 4.07.